The van der Waals surface area contributed by atoms with Gasteiger partial charge in [-0.3, -0.25) is 4.79 Å². The van der Waals surface area contributed by atoms with Gasteiger partial charge in [-0.05, 0) is 23.6 Å². The Morgan fingerprint density at radius 1 is 1.00 bits per heavy atom. The van der Waals surface area contributed by atoms with Gasteiger partial charge in [-0.2, -0.15) is 0 Å². The zero-order chi connectivity index (χ0) is 19.8. The Morgan fingerprint density at radius 2 is 1.75 bits per heavy atom. The van der Waals surface area contributed by atoms with Gasteiger partial charge in [-0.25, -0.2) is 4.79 Å². The van der Waals surface area contributed by atoms with E-state index >= 15 is 0 Å². The summed E-state index contributed by atoms with van der Waals surface area (Å²) in [5.41, 5.74) is 6.41. The van der Waals surface area contributed by atoms with E-state index in [0.717, 1.165) is 52.0 Å². The van der Waals surface area contributed by atoms with Gasteiger partial charge in [0.2, 0.25) is 5.91 Å². The maximum absolute atomic E-state index is 12.4. The number of carbonyl (C=O) groups is 2. The molecule has 3 rings (SSSR count). The Kier molecular flexibility index (Phi) is 7.25. The number of piperazine rings is 1. The number of carbonyl (C=O) groups excluding carboxylic acids is 2. The van der Waals surface area contributed by atoms with Crippen molar-refractivity contribution in [2.75, 3.05) is 32.7 Å². The Bertz CT molecular complexity index is 795. The van der Waals surface area contributed by atoms with E-state index in [1.54, 1.807) is 0 Å². The molecule has 150 valence electrons. The van der Waals surface area contributed by atoms with Crippen LogP contribution >= 0.6 is 0 Å². The van der Waals surface area contributed by atoms with Crippen LogP contribution in [0, 0.1) is 0 Å². The number of unbranched alkanes of at least 4 members (excludes halogenated alkanes) is 2. The SMILES string of the molecule is NC(=O)NCCCCCC(=O)N1CC[NH+](Cc2cccc3ccccc23)CC1. The van der Waals surface area contributed by atoms with Gasteiger partial charge in [-0.1, -0.05) is 48.9 Å². The molecular weight excluding hydrogens is 352 g/mol. The first-order valence-corrected chi connectivity index (χ1v) is 10.2. The van der Waals surface area contributed by atoms with Crippen LogP contribution in [0.3, 0.4) is 0 Å². The molecule has 0 radical (unpaired) electrons. The Labute approximate surface area is 166 Å². The second-order valence-corrected chi connectivity index (χ2v) is 7.55. The molecule has 1 aliphatic heterocycles. The number of primary amides is 1. The summed E-state index contributed by atoms with van der Waals surface area (Å²) in [6, 6.07) is 14.6. The molecule has 0 aliphatic carbocycles. The first kappa shape index (κ1) is 20.1. The number of urea groups is 1. The van der Waals surface area contributed by atoms with Crippen molar-refractivity contribution in [3.63, 3.8) is 0 Å². The molecule has 28 heavy (non-hydrogen) atoms. The second-order valence-electron chi connectivity index (χ2n) is 7.55. The maximum atomic E-state index is 12.4. The van der Waals surface area contributed by atoms with Crippen molar-refractivity contribution < 1.29 is 14.5 Å². The summed E-state index contributed by atoms with van der Waals surface area (Å²) in [4.78, 5) is 26.6. The van der Waals surface area contributed by atoms with Crippen molar-refractivity contribution in [2.24, 2.45) is 5.73 Å². The molecule has 0 bridgehead atoms. The molecule has 1 aliphatic rings. The molecule has 6 heteroatoms. The summed E-state index contributed by atoms with van der Waals surface area (Å²) in [6.07, 6.45) is 3.25. The summed E-state index contributed by atoms with van der Waals surface area (Å²) in [6.45, 7) is 5.26. The third kappa shape index (κ3) is 5.70. The zero-order valence-electron chi connectivity index (χ0n) is 16.5. The molecular formula is C22H31N4O2+. The minimum Gasteiger partial charge on any atom is -0.352 e. The van der Waals surface area contributed by atoms with E-state index in [1.807, 2.05) is 4.90 Å². The molecule has 4 N–H and O–H groups in total. The number of nitrogens with two attached hydrogens (primary N) is 1. The van der Waals surface area contributed by atoms with Crippen molar-refractivity contribution in [3.8, 4) is 0 Å². The first-order valence-electron chi connectivity index (χ1n) is 10.2. The van der Waals surface area contributed by atoms with E-state index in [-0.39, 0.29) is 5.91 Å². The van der Waals surface area contributed by atoms with E-state index in [9.17, 15) is 9.59 Å². The quantitative estimate of drug-likeness (QED) is 0.601. The minimum absolute atomic E-state index is 0.257. The lowest BCUT2D eigenvalue weighted by Gasteiger charge is -2.32. The van der Waals surface area contributed by atoms with E-state index in [4.69, 9.17) is 5.73 Å². The molecule has 2 aromatic carbocycles. The highest BCUT2D eigenvalue weighted by molar-refractivity contribution is 5.85. The fraction of sp³-hybridized carbons (Fsp3) is 0.455. The molecule has 6 nitrogen and oxygen atoms in total. The number of nitrogens with zero attached hydrogens (tertiary/aromatic N) is 1. The Morgan fingerprint density at radius 3 is 2.54 bits per heavy atom. The molecule has 2 aromatic rings. The zero-order valence-corrected chi connectivity index (χ0v) is 16.5. The lowest BCUT2D eigenvalue weighted by molar-refractivity contribution is -0.917. The highest BCUT2D eigenvalue weighted by Crippen LogP contribution is 2.17. The number of quaternary nitrogens is 1. The molecule has 1 fully saturated rings. The van der Waals surface area contributed by atoms with E-state index < -0.39 is 6.03 Å². The molecule has 0 spiro atoms. The van der Waals surface area contributed by atoms with Crippen molar-refractivity contribution >= 4 is 22.7 Å². The summed E-state index contributed by atoms with van der Waals surface area (Å²) < 4.78 is 0. The van der Waals surface area contributed by atoms with Gasteiger partial charge in [0, 0.05) is 18.5 Å². The van der Waals surface area contributed by atoms with Crippen LogP contribution in [-0.2, 0) is 11.3 Å². The number of amides is 3. The monoisotopic (exact) mass is 383 g/mol. The Balaban J connectivity index is 1.39. The van der Waals surface area contributed by atoms with Gasteiger partial charge in [0.1, 0.15) is 6.54 Å². The maximum Gasteiger partial charge on any atom is 0.312 e. The number of hydrogen-bond acceptors (Lipinski definition) is 2. The lowest BCUT2D eigenvalue weighted by atomic mass is 10.0. The summed E-state index contributed by atoms with van der Waals surface area (Å²) in [5.74, 6) is 0.257. The van der Waals surface area contributed by atoms with Crippen LogP contribution in [-0.4, -0.2) is 49.6 Å². The number of rotatable bonds is 8. The molecule has 0 atom stereocenters. The third-order valence-electron chi connectivity index (χ3n) is 5.51. The van der Waals surface area contributed by atoms with Crippen LogP contribution in [0.5, 0.6) is 0 Å². The molecule has 0 saturated carbocycles. The highest BCUT2D eigenvalue weighted by Gasteiger charge is 2.23. The summed E-state index contributed by atoms with van der Waals surface area (Å²) in [5, 5.41) is 5.20. The van der Waals surface area contributed by atoms with Crippen LogP contribution in [0.4, 0.5) is 4.79 Å². The fourth-order valence-electron chi connectivity index (χ4n) is 3.91. The minimum atomic E-state index is -0.486. The van der Waals surface area contributed by atoms with Crippen molar-refractivity contribution in [2.45, 2.75) is 32.2 Å². The van der Waals surface area contributed by atoms with Crippen LogP contribution in [0.1, 0.15) is 31.2 Å². The average molecular weight is 384 g/mol. The van der Waals surface area contributed by atoms with Gasteiger partial charge in [-0.15, -0.1) is 0 Å². The number of hydrogen-bond donors (Lipinski definition) is 3. The number of nitrogens with one attached hydrogen (secondary N) is 2. The summed E-state index contributed by atoms with van der Waals surface area (Å²) >= 11 is 0. The topological polar surface area (TPSA) is 79.9 Å². The standard InChI is InChI=1S/C22H30N4O2/c23-22(28)24-12-5-1-2-11-21(27)26-15-13-25(14-16-26)17-19-9-6-8-18-7-3-4-10-20(18)19/h3-4,6-10H,1-2,5,11-17H2,(H3,23,24,28)/p+1. The van der Waals surface area contributed by atoms with E-state index in [2.05, 4.69) is 47.8 Å². The van der Waals surface area contributed by atoms with Crippen LogP contribution in [0.15, 0.2) is 42.5 Å². The Hall–Kier alpha value is -2.60. The second kappa shape index (κ2) is 10.1. The fourth-order valence-corrected chi connectivity index (χ4v) is 3.91. The lowest BCUT2D eigenvalue weighted by Crippen LogP contribution is -3.13. The van der Waals surface area contributed by atoms with Crippen LogP contribution in [0.25, 0.3) is 10.8 Å². The first-order chi connectivity index (χ1) is 13.6. The highest BCUT2D eigenvalue weighted by atomic mass is 16.2. The van der Waals surface area contributed by atoms with E-state index in [1.165, 1.54) is 21.2 Å². The largest absolute Gasteiger partial charge is 0.352 e. The molecule has 1 heterocycles. The van der Waals surface area contributed by atoms with E-state index in [0.29, 0.717) is 13.0 Å². The molecule has 1 saturated heterocycles. The normalized spacial score (nSPS) is 14.9. The van der Waals surface area contributed by atoms with Crippen molar-refractivity contribution in [1.29, 1.82) is 0 Å². The third-order valence-corrected chi connectivity index (χ3v) is 5.51. The number of fused-ring (bicyclic) bond motifs is 1. The molecule has 0 aromatic heterocycles. The number of benzene rings is 2. The van der Waals surface area contributed by atoms with Crippen LogP contribution in [0.2, 0.25) is 0 Å². The van der Waals surface area contributed by atoms with Gasteiger partial charge < -0.3 is 20.9 Å². The summed E-state index contributed by atoms with van der Waals surface area (Å²) in [7, 11) is 0. The van der Waals surface area contributed by atoms with Gasteiger partial charge >= 0.3 is 6.03 Å². The van der Waals surface area contributed by atoms with Gasteiger partial charge in [0.05, 0.1) is 26.2 Å². The smallest absolute Gasteiger partial charge is 0.312 e. The van der Waals surface area contributed by atoms with Crippen molar-refractivity contribution in [3.05, 3.63) is 48.0 Å². The average Bonchev–Trinajstić information content (AvgIpc) is 2.71. The predicted molar refractivity (Wildman–Crippen MR) is 111 cm³/mol. The van der Waals surface area contributed by atoms with Crippen LogP contribution < -0.4 is 16.0 Å². The van der Waals surface area contributed by atoms with Gasteiger partial charge in [0.25, 0.3) is 0 Å². The molecule has 3 amide bonds. The molecule has 0 unspecified atom stereocenters. The predicted octanol–water partition coefficient (Wildman–Crippen LogP) is 1.30. The van der Waals surface area contributed by atoms with Gasteiger partial charge in [0.15, 0.2) is 0 Å². The van der Waals surface area contributed by atoms with Crippen molar-refractivity contribution in [1.82, 2.24) is 10.2 Å².